The monoisotopic (exact) mass is 462 g/mol. The predicted octanol–water partition coefficient (Wildman–Crippen LogP) is 5.69. The molecule has 178 valence electrons. The zero-order valence-corrected chi connectivity index (χ0v) is 20.1. The lowest BCUT2D eigenvalue weighted by Gasteiger charge is -2.27. The third-order valence-electron chi connectivity index (χ3n) is 7.02. The number of carbonyl (C=O) groups is 1. The first-order valence-electron chi connectivity index (χ1n) is 12.4. The zero-order valence-electron chi connectivity index (χ0n) is 20.1. The van der Waals surface area contributed by atoms with Crippen molar-refractivity contribution in [3.05, 3.63) is 52.6 Å². The van der Waals surface area contributed by atoms with Crippen LogP contribution in [0.5, 0.6) is 5.75 Å². The minimum Gasteiger partial charge on any atom is -0.486 e. The number of aromatic nitrogens is 3. The molecule has 0 bridgehead atoms. The van der Waals surface area contributed by atoms with Gasteiger partial charge in [0, 0.05) is 35.5 Å². The van der Waals surface area contributed by atoms with Gasteiger partial charge in [-0.15, -0.1) is 0 Å². The number of aryl methyl sites for hydroxylation is 1. The number of rotatable bonds is 4. The normalized spacial score (nSPS) is 18.3. The van der Waals surface area contributed by atoms with Gasteiger partial charge in [-0.1, -0.05) is 32.8 Å². The van der Waals surface area contributed by atoms with E-state index in [2.05, 4.69) is 23.9 Å². The number of hydrogen-bond acceptors (Lipinski definition) is 4. The molecule has 0 N–H and O–H groups in total. The number of fused-ring (bicyclic) bond motifs is 2. The van der Waals surface area contributed by atoms with Gasteiger partial charge in [-0.25, -0.2) is 13.9 Å². The molecule has 1 amide bonds. The highest BCUT2D eigenvalue weighted by molar-refractivity contribution is 5.93. The van der Waals surface area contributed by atoms with Crippen LogP contribution in [0.4, 0.5) is 4.39 Å². The molecular formula is C27H31FN4O2. The molecule has 2 aliphatic rings. The van der Waals surface area contributed by atoms with Gasteiger partial charge in [-0.2, -0.15) is 5.10 Å². The predicted molar refractivity (Wildman–Crippen MR) is 130 cm³/mol. The van der Waals surface area contributed by atoms with Gasteiger partial charge < -0.3 is 9.64 Å². The van der Waals surface area contributed by atoms with Crippen LogP contribution >= 0.6 is 0 Å². The Morgan fingerprint density at radius 1 is 1.18 bits per heavy atom. The summed E-state index contributed by atoms with van der Waals surface area (Å²) in [6.07, 6.45) is 7.88. The van der Waals surface area contributed by atoms with Crippen LogP contribution in [0, 0.1) is 5.82 Å². The van der Waals surface area contributed by atoms with E-state index in [0.29, 0.717) is 35.6 Å². The van der Waals surface area contributed by atoms with Crippen molar-refractivity contribution in [1.82, 2.24) is 19.5 Å². The lowest BCUT2D eigenvalue weighted by molar-refractivity contribution is 0.0692. The molecule has 2 aromatic heterocycles. The fourth-order valence-corrected chi connectivity index (χ4v) is 4.91. The van der Waals surface area contributed by atoms with E-state index in [-0.39, 0.29) is 17.7 Å². The van der Waals surface area contributed by atoms with E-state index in [0.717, 1.165) is 55.5 Å². The van der Waals surface area contributed by atoms with Crippen LogP contribution in [0.15, 0.2) is 29.8 Å². The highest BCUT2D eigenvalue weighted by Crippen LogP contribution is 2.36. The molecule has 1 saturated heterocycles. The van der Waals surface area contributed by atoms with Crippen molar-refractivity contribution in [2.45, 2.75) is 65.3 Å². The lowest BCUT2D eigenvalue weighted by Crippen LogP contribution is -2.38. The number of carbonyl (C=O) groups excluding carboxylic acids is 1. The van der Waals surface area contributed by atoms with Crippen LogP contribution in [-0.4, -0.2) is 44.6 Å². The third-order valence-corrected chi connectivity index (χ3v) is 7.02. The Hall–Kier alpha value is -3.22. The Morgan fingerprint density at radius 3 is 2.82 bits per heavy atom. The summed E-state index contributed by atoms with van der Waals surface area (Å²) in [6, 6.07) is 7.39. The van der Waals surface area contributed by atoms with Gasteiger partial charge in [-0.05, 0) is 56.4 Å². The number of likely N-dealkylation sites (tertiary alicyclic amines) is 1. The summed E-state index contributed by atoms with van der Waals surface area (Å²) in [4.78, 5) is 20.0. The van der Waals surface area contributed by atoms with Crippen LogP contribution in [0.1, 0.15) is 74.6 Å². The highest BCUT2D eigenvalue weighted by Gasteiger charge is 2.26. The topological polar surface area (TPSA) is 59.7 Å². The van der Waals surface area contributed by atoms with Crippen molar-refractivity contribution >= 4 is 17.6 Å². The average Bonchev–Trinajstić information content (AvgIpc) is 3.17. The number of halogens is 1. The number of benzene rings is 1. The van der Waals surface area contributed by atoms with Crippen LogP contribution in [0.3, 0.4) is 0 Å². The van der Waals surface area contributed by atoms with E-state index in [9.17, 15) is 4.79 Å². The van der Waals surface area contributed by atoms with Crippen molar-refractivity contribution < 1.29 is 13.9 Å². The standard InChI is InChI=1S/C27H31FN4O2/c1-4-18-13-19-10-11-21(25(28)26(19)34-16-18)22-15-24-29-23(14-20(5-2)32(24)30-22)27(33)31-12-8-6-7-9-17(31)3/h10-11,13-15,17H,4-9,12,16H2,1-3H3. The SMILES string of the molecule is CCC1=Cc2ccc(-c3cc4nc(C(=O)N5CCCCCC5C)cc(CC)n4n3)c(F)c2OC1. The summed E-state index contributed by atoms with van der Waals surface area (Å²) in [6.45, 7) is 7.35. The lowest BCUT2D eigenvalue weighted by atomic mass is 10.0. The molecule has 4 heterocycles. The third kappa shape index (κ3) is 3.97. The molecule has 1 aromatic carbocycles. The average molecular weight is 463 g/mol. The van der Waals surface area contributed by atoms with Gasteiger partial charge in [0.2, 0.25) is 0 Å². The summed E-state index contributed by atoms with van der Waals surface area (Å²) >= 11 is 0. The first kappa shape index (κ1) is 22.6. The van der Waals surface area contributed by atoms with Crippen molar-refractivity contribution in [1.29, 1.82) is 0 Å². The molecule has 6 nitrogen and oxygen atoms in total. The van der Waals surface area contributed by atoms with E-state index in [1.807, 2.05) is 30.0 Å². The minimum atomic E-state index is -0.417. The molecular weight excluding hydrogens is 431 g/mol. The quantitative estimate of drug-likeness (QED) is 0.500. The molecule has 7 heteroatoms. The van der Waals surface area contributed by atoms with E-state index in [1.54, 1.807) is 16.6 Å². The number of ether oxygens (including phenoxy) is 1. The first-order chi connectivity index (χ1) is 16.5. The maximum atomic E-state index is 15.4. The Balaban J connectivity index is 1.54. The minimum absolute atomic E-state index is 0.0405. The molecule has 2 aliphatic heterocycles. The largest absolute Gasteiger partial charge is 0.486 e. The Kier molecular flexibility index (Phi) is 6.11. The molecule has 5 rings (SSSR count). The van der Waals surface area contributed by atoms with Crippen LogP contribution < -0.4 is 4.74 Å². The Bertz CT molecular complexity index is 1280. The molecule has 0 radical (unpaired) electrons. The van der Waals surface area contributed by atoms with E-state index in [4.69, 9.17) is 4.74 Å². The molecule has 0 saturated carbocycles. The first-order valence-corrected chi connectivity index (χ1v) is 12.4. The van der Waals surface area contributed by atoms with Crippen molar-refractivity contribution in [2.24, 2.45) is 0 Å². The number of amides is 1. The molecule has 34 heavy (non-hydrogen) atoms. The molecule has 1 unspecified atom stereocenters. The molecule has 1 atom stereocenters. The van der Waals surface area contributed by atoms with E-state index in [1.165, 1.54) is 0 Å². The van der Waals surface area contributed by atoms with Gasteiger partial charge in [-0.3, -0.25) is 4.79 Å². The molecule has 0 aliphatic carbocycles. The summed E-state index contributed by atoms with van der Waals surface area (Å²) in [7, 11) is 0. The maximum Gasteiger partial charge on any atom is 0.272 e. The van der Waals surface area contributed by atoms with Crippen molar-refractivity contribution in [3.63, 3.8) is 0 Å². The second-order valence-corrected chi connectivity index (χ2v) is 9.27. The van der Waals surface area contributed by atoms with E-state index < -0.39 is 5.82 Å². The number of nitrogens with zero attached hydrogens (tertiary/aromatic N) is 4. The summed E-state index contributed by atoms with van der Waals surface area (Å²) < 4.78 is 22.9. The second-order valence-electron chi connectivity index (χ2n) is 9.27. The number of hydrogen-bond donors (Lipinski definition) is 0. The zero-order chi connectivity index (χ0) is 23.8. The summed E-state index contributed by atoms with van der Waals surface area (Å²) in [5.74, 6) is -0.192. The fourth-order valence-electron chi connectivity index (χ4n) is 4.91. The van der Waals surface area contributed by atoms with Crippen LogP contribution in [-0.2, 0) is 6.42 Å². The van der Waals surface area contributed by atoms with Crippen molar-refractivity contribution in [2.75, 3.05) is 13.2 Å². The van der Waals surface area contributed by atoms with E-state index >= 15 is 4.39 Å². The molecule has 0 spiro atoms. The summed E-state index contributed by atoms with van der Waals surface area (Å²) in [5, 5.41) is 4.66. The van der Waals surface area contributed by atoms with Crippen molar-refractivity contribution in [3.8, 4) is 17.0 Å². The van der Waals surface area contributed by atoms with Gasteiger partial charge in [0.25, 0.3) is 5.91 Å². The maximum absolute atomic E-state index is 15.4. The smallest absolute Gasteiger partial charge is 0.272 e. The van der Waals surface area contributed by atoms with Crippen LogP contribution in [0.25, 0.3) is 23.0 Å². The van der Waals surface area contributed by atoms with Gasteiger partial charge >= 0.3 is 0 Å². The molecule has 3 aromatic rings. The Labute approximate surface area is 199 Å². The van der Waals surface area contributed by atoms with Gasteiger partial charge in [0.05, 0.1) is 5.69 Å². The second kappa shape index (κ2) is 9.20. The summed E-state index contributed by atoms with van der Waals surface area (Å²) in [5.41, 5.74) is 4.58. The fraction of sp³-hybridized carbons (Fsp3) is 0.444. The van der Waals surface area contributed by atoms with Crippen LogP contribution in [0.2, 0.25) is 0 Å². The molecule has 1 fully saturated rings. The Morgan fingerprint density at radius 2 is 2.03 bits per heavy atom. The van der Waals surface area contributed by atoms with Gasteiger partial charge in [0.1, 0.15) is 12.3 Å². The van der Waals surface area contributed by atoms with Gasteiger partial charge in [0.15, 0.2) is 17.2 Å². The highest BCUT2D eigenvalue weighted by atomic mass is 19.1.